The fourth-order valence-electron chi connectivity index (χ4n) is 6.96. The fraction of sp³-hybridized carbons (Fsp3) is 0.469. The topological polar surface area (TPSA) is 40.1 Å². The standard InChI is InChI=1S/C32H38O2/c1-16(2)22-11-10-19(5)28-24(15-22)21(7)14-26(28)30-31(33)29(32(30)34)25-13-20(6)23-12-17(3)8-9-18(4)27(23)25/h8-9,12-14,16,19,22,24,28,33H,10-11,15H2,1-7H3/p-1/b30-26-. The molecule has 0 N–H and O–H groups in total. The van der Waals surface area contributed by atoms with E-state index in [1.807, 2.05) is 6.07 Å². The van der Waals surface area contributed by atoms with Crippen LogP contribution < -0.4 is 5.11 Å². The molecule has 2 heteroatoms. The minimum atomic E-state index is -0.0453. The van der Waals surface area contributed by atoms with Crippen molar-refractivity contribution in [2.45, 2.75) is 67.7 Å². The first kappa shape index (κ1) is 23.1. The summed E-state index contributed by atoms with van der Waals surface area (Å²) in [6.45, 7) is 15.4. The largest absolute Gasteiger partial charge is 0.871 e. The number of carbonyl (C=O) groups is 1. The molecule has 5 aliphatic carbocycles. The SMILES string of the molecule is CC1=C/C(=C2/C(=O)C(c3cc(C)c4cc(C)ccc(C)c3-4)=C2[O-])C2C(C)CCC(C(C)C)CC12. The highest BCUT2D eigenvalue weighted by atomic mass is 16.3. The zero-order valence-corrected chi connectivity index (χ0v) is 21.7. The first-order chi connectivity index (χ1) is 16.1. The Morgan fingerprint density at radius 3 is 2.35 bits per heavy atom. The number of allylic oxidation sites excluding steroid dienone is 5. The van der Waals surface area contributed by atoms with Gasteiger partial charge in [-0.1, -0.05) is 68.0 Å². The van der Waals surface area contributed by atoms with Gasteiger partial charge in [-0.25, -0.2) is 0 Å². The predicted molar refractivity (Wildman–Crippen MR) is 138 cm³/mol. The molecule has 0 bridgehead atoms. The number of ketones is 1. The van der Waals surface area contributed by atoms with Crippen molar-refractivity contribution in [2.75, 3.05) is 0 Å². The van der Waals surface area contributed by atoms with Gasteiger partial charge in [0.1, 0.15) is 0 Å². The van der Waals surface area contributed by atoms with E-state index in [9.17, 15) is 9.90 Å². The van der Waals surface area contributed by atoms with Crippen molar-refractivity contribution in [3.63, 3.8) is 0 Å². The third-order valence-corrected chi connectivity index (χ3v) is 9.02. The van der Waals surface area contributed by atoms with E-state index in [4.69, 9.17) is 0 Å². The highest BCUT2D eigenvalue weighted by Gasteiger charge is 2.43. The molecular formula is C32H37O2-. The summed E-state index contributed by atoms with van der Waals surface area (Å²) in [4.78, 5) is 13.7. The number of fused-ring (bicyclic) bond motifs is 2. The molecule has 0 aromatic rings. The Labute approximate surface area is 204 Å². The van der Waals surface area contributed by atoms with E-state index >= 15 is 0 Å². The van der Waals surface area contributed by atoms with Gasteiger partial charge in [-0.2, -0.15) is 0 Å². The first-order valence-electron chi connectivity index (χ1n) is 13.0. The van der Waals surface area contributed by atoms with Gasteiger partial charge in [0.25, 0.3) is 0 Å². The minimum absolute atomic E-state index is 0.0453. The van der Waals surface area contributed by atoms with E-state index in [0.717, 1.165) is 33.4 Å². The van der Waals surface area contributed by atoms with Gasteiger partial charge in [-0.15, -0.1) is 0 Å². The van der Waals surface area contributed by atoms with E-state index in [-0.39, 0.29) is 11.5 Å². The summed E-state index contributed by atoms with van der Waals surface area (Å²) in [7, 11) is 0. The zero-order valence-electron chi connectivity index (χ0n) is 21.7. The van der Waals surface area contributed by atoms with Crippen molar-refractivity contribution in [1.29, 1.82) is 0 Å². The van der Waals surface area contributed by atoms with Crippen LogP contribution in [-0.2, 0) is 4.79 Å². The molecule has 4 unspecified atom stereocenters. The van der Waals surface area contributed by atoms with Gasteiger partial charge >= 0.3 is 0 Å². The number of hydrogen-bond donors (Lipinski definition) is 0. The van der Waals surface area contributed by atoms with Crippen LogP contribution >= 0.6 is 0 Å². The monoisotopic (exact) mass is 453 g/mol. The van der Waals surface area contributed by atoms with Crippen LogP contribution in [0.5, 0.6) is 0 Å². The lowest BCUT2D eigenvalue weighted by Gasteiger charge is -2.35. The highest BCUT2D eigenvalue weighted by Crippen LogP contribution is 2.53. The van der Waals surface area contributed by atoms with Crippen molar-refractivity contribution >= 4 is 11.4 Å². The van der Waals surface area contributed by atoms with Gasteiger partial charge in [0.2, 0.25) is 0 Å². The quantitative estimate of drug-likeness (QED) is 0.462. The summed E-state index contributed by atoms with van der Waals surface area (Å²) in [5.41, 5.74) is 9.66. The van der Waals surface area contributed by atoms with Crippen LogP contribution in [0.2, 0.25) is 0 Å². The maximum Gasteiger partial charge on any atom is 0.192 e. The summed E-state index contributed by atoms with van der Waals surface area (Å²) in [5, 5.41) is 13.7. The van der Waals surface area contributed by atoms with Gasteiger partial charge in [0, 0.05) is 11.1 Å². The normalized spacial score (nSPS) is 29.4. The number of aryl methyl sites for hydroxylation is 3. The van der Waals surface area contributed by atoms with Crippen molar-refractivity contribution in [3.8, 4) is 11.1 Å². The average Bonchev–Trinajstić information content (AvgIpc) is 3.09. The molecule has 5 rings (SSSR count). The fourth-order valence-corrected chi connectivity index (χ4v) is 6.96. The number of hydrogen-bond acceptors (Lipinski definition) is 2. The Hall–Kier alpha value is -2.61. The van der Waals surface area contributed by atoms with Crippen LogP contribution in [-0.4, -0.2) is 5.78 Å². The summed E-state index contributed by atoms with van der Waals surface area (Å²) >= 11 is 0. The predicted octanol–water partition coefficient (Wildman–Crippen LogP) is 6.95. The van der Waals surface area contributed by atoms with Crippen molar-refractivity contribution in [1.82, 2.24) is 0 Å². The molecule has 0 amide bonds. The molecule has 0 spiro atoms. The Kier molecular flexibility index (Phi) is 5.62. The Bertz CT molecular complexity index is 1250. The smallest absolute Gasteiger partial charge is 0.192 e. The van der Waals surface area contributed by atoms with Crippen LogP contribution in [0.25, 0.3) is 16.7 Å². The Morgan fingerprint density at radius 2 is 1.68 bits per heavy atom. The van der Waals surface area contributed by atoms with Crippen LogP contribution in [0.15, 0.2) is 52.8 Å². The van der Waals surface area contributed by atoms with Crippen LogP contribution in [0.3, 0.4) is 0 Å². The maximum atomic E-state index is 13.7. The Balaban J connectivity index is 1.61. The molecule has 2 nitrogen and oxygen atoms in total. The van der Waals surface area contributed by atoms with Gasteiger partial charge in [-0.05, 0) is 110 Å². The average molecular weight is 454 g/mol. The van der Waals surface area contributed by atoms with Gasteiger partial charge in [0.05, 0.1) is 0 Å². The molecule has 0 aromatic carbocycles. The molecule has 34 heavy (non-hydrogen) atoms. The van der Waals surface area contributed by atoms with Crippen molar-refractivity contribution in [3.05, 3.63) is 75.1 Å². The second-order valence-electron chi connectivity index (χ2n) is 11.6. The molecule has 0 aliphatic heterocycles. The van der Waals surface area contributed by atoms with Gasteiger partial charge < -0.3 is 5.11 Å². The lowest BCUT2D eigenvalue weighted by Crippen LogP contribution is -2.32. The van der Waals surface area contributed by atoms with E-state index < -0.39 is 0 Å². The zero-order chi connectivity index (χ0) is 24.5. The Morgan fingerprint density at radius 1 is 0.941 bits per heavy atom. The summed E-state index contributed by atoms with van der Waals surface area (Å²) in [6.07, 6.45) is 5.78. The first-order valence-corrected chi connectivity index (χ1v) is 13.0. The maximum absolute atomic E-state index is 13.7. The van der Waals surface area contributed by atoms with E-state index in [2.05, 4.69) is 72.7 Å². The second-order valence-corrected chi connectivity index (χ2v) is 11.6. The summed E-state index contributed by atoms with van der Waals surface area (Å²) < 4.78 is 0. The summed E-state index contributed by atoms with van der Waals surface area (Å²) in [6, 6.07) is 8.41. The lowest BCUT2D eigenvalue weighted by atomic mass is 9.72. The highest BCUT2D eigenvalue weighted by molar-refractivity contribution is 6.40. The number of Topliss-reactive ketones (excluding diaryl/α,β-unsaturated/α-hetero) is 1. The van der Waals surface area contributed by atoms with E-state index in [0.29, 0.717) is 40.7 Å². The molecular weight excluding hydrogens is 416 g/mol. The number of carbonyl (C=O) groups excluding carboxylic acids is 1. The second kappa shape index (κ2) is 8.26. The van der Waals surface area contributed by atoms with E-state index in [1.165, 1.54) is 30.4 Å². The molecule has 0 radical (unpaired) electrons. The van der Waals surface area contributed by atoms with Gasteiger partial charge in [-0.3, -0.25) is 4.79 Å². The van der Waals surface area contributed by atoms with Gasteiger partial charge in [0.15, 0.2) is 5.78 Å². The van der Waals surface area contributed by atoms with Crippen LogP contribution in [0.4, 0.5) is 0 Å². The third-order valence-electron chi connectivity index (χ3n) is 9.02. The van der Waals surface area contributed by atoms with Crippen LogP contribution in [0.1, 0.15) is 69.2 Å². The molecule has 4 atom stereocenters. The van der Waals surface area contributed by atoms with Crippen molar-refractivity contribution in [2.24, 2.45) is 29.6 Å². The molecule has 1 saturated carbocycles. The molecule has 0 aromatic heterocycles. The van der Waals surface area contributed by atoms with Crippen LogP contribution in [0, 0.1) is 50.4 Å². The van der Waals surface area contributed by atoms with Crippen molar-refractivity contribution < 1.29 is 9.90 Å². The minimum Gasteiger partial charge on any atom is -0.871 e. The molecule has 178 valence electrons. The van der Waals surface area contributed by atoms with E-state index in [1.54, 1.807) is 0 Å². The summed E-state index contributed by atoms with van der Waals surface area (Å²) in [5.74, 6) is 2.54. The number of rotatable bonds is 2. The molecule has 1 fully saturated rings. The molecule has 5 aliphatic rings. The molecule has 0 heterocycles. The lowest BCUT2D eigenvalue weighted by molar-refractivity contribution is -0.297. The molecule has 0 saturated heterocycles. The third kappa shape index (κ3) is 3.41.